The van der Waals surface area contributed by atoms with E-state index in [4.69, 9.17) is 4.52 Å². The van der Waals surface area contributed by atoms with E-state index in [0.717, 1.165) is 17.7 Å². The molecule has 2 aromatic carbocycles. The van der Waals surface area contributed by atoms with Gasteiger partial charge in [0.05, 0.1) is 11.3 Å². The van der Waals surface area contributed by atoms with E-state index in [-0.39, 0.29) is 11.8 Å². The molecule has 0 bridgehead atoms. The van der Waals surface area contributed by atoms with Crippen LogP contribution in [0.25, 0.3) is 0 Å². The molecule has 31 heavy (non-hydrogen) atoms. The number of halogens is 3. The summed E-state index contributed by atoms with van der Waals surface area (Å²) in [6.07, 6.45) is -3.89. The number of benzene rings is 2. The van der Waals surface area contributed by atoms with Crippen molar-refractivity contribution in [2.45, 2.75) is 31.5 Å². The Balaban J connectivity index is 1.78. The second-order valence-corrected chi connectivity index (χ2v) is 7.24. The lowest BCUT2D eigenvalue weighted by atomic mass is 9.92. The predicted octanol–water partition coefficient (Wildman–Crippen LogP) is 4.60. The SMILES string of the molecule is CNC(=O)[C@H](NCC[C@H](c1ccc(C(F)(F)F)cc1)c1cc(C)no1)c1ccccc1. The number of aromatic nitrogens is 1. The van der Waals surface area contributed by atoms with Crippen LogP contribution >= 0.6 is 0 Å². The fraction of sp³-hybridized carbons (Fsp3) is 0.304. The summed E-state index contributed by atoms with van der Waals surface area (Å²) < 4.78 is 44.2. The fourth-order valence-electron chi connectivity index (χ4n) is 3.45. The summed E-state index contributed by atoms with van der Waals surface area (Å²) in [6, 6.07) is 15.6. The van der Waals surface area contributed by atoms with E-state index < -0.39 is 17.8 Å². The van der Waals surface area contributed by atoms with Crippen molar-refractivity contribution in [2.75, 3.05) is 13.6 Å². The first-order valence-electron chi connectivity index (χ1n) is 9.90. The Kier molecular flexibility index (Phi) is 7.12. The van der Waals surface area contributed by atoms with Crippen molar-refractivity contribution in [2.24, 2.45) is 0 Å². The lowest BCUT2D eigenvalue weighted by molar-refractivity contribution is -0.137. The van der Waals surface area contributed by atoms with Gasteiger partial charge < -0.3 is 15.2 Å². The Bertz CT molecular complexity index is 985. The zero-order chi connectivity index (χ0) is 22.4. The van der Waals surface area contributed by atoms with E-state index in [1.165, 1.54) is 12.1 Å². The van der Waals surface area contributed by atoms with Crippen molar-refractivity contribution in [3.8, 4) is 0 Å². The summed E-state index contributed by atoms with van der Waals surface area (Å²) in [6.45, 7) is 2.21. The molecule has 3 aromatic rings. The first-order chi connectivity index (χ1) is 14.8. The number of likely N-dealkylation sites (N-methyl/N-ethyl adjacent to an activating group) is 1. The average Bonchev–Trinajstić information content (AvgIpc) is 3.19. The minimum atomic E-state index is -4.39. The van der Waals surface area contributed by atoms with Gasteiger partial charge in [0.25, 0.3) is 0 Å². The highest BCUT2D eigenvalue weighted by Gasteiger charge is 2.30. The normalized spacial score (nSPS) is 13.6. The molecule has 0 aliphatic heterocycles. The van der Waals surface area contributed by atoms with E-state index in [0.29, 0.717) is 30.0 Å². The molecule has 1 aromatic heterocycles. The van der Waals surface area contributed by atoms with Gasteiger partial charge in [-0.2, -0.15) is 13.2 Å². The number of hydrogen-bond donors (Lipinski definition) is 2. The zero-order valence-electron chi connectivity index (χ0n) is 17.2. The van der Waals surface area contributed by atoms with Crippen molar-refractivity contribution in [1.29, 1.82) is 0 Å². The Morgan fingerprint density at radius 3 is 2.29 bits per heavy atom. The molecular formula is C23H24F3N3O2. The van der Waals surface area contributed by atoms with Gasteiger partial charge in [-0.15, -0.1) is 0 Å². The number of amides is 1. The highest BCUT2D eigenvalue weighted by atomic mass is 19.4. The van der Waals surface area contributed by atoms with E-state index >= 15 is 0 Å². The number of nitrogens with zero attached hydrogens (tertiary/aromatic N) is 1. The van der Waals surface area contributed by atoms with Gasteiger partial charge in [0.15, 0.2) is 0 Å². The number of rotatable bonds is 8. The third-order valence-electron chi connectivity index (χ3n) is 5.05. The van der Waals surface area contributed by atoms with Crippen LogP contribution in [-0.2, 0) is 11.0 Å². The van der Waals surface area contributed by atoms with Crippen molar-refractivity contribution in [3.05, 3.63) is 88.8 Å². The van der Waals surface area contributed by atoms with Gasteiger partial charge in [0.2, 0.25) is 5.91 Å². The molecular weight excluding hydrogens is 407 g/mol. The van der Waals surface area contributed by atoms with Crippen LogP contribution in [0.15, 0.2) is 65.2 Å². The van der Waals surface area contributed by atoms with Gasteiger partial charge in [-0.1, -0.05) is 47.6 Å². The monoisotopic (exact) mass is 431 g/mol. The summed E-state index contributed by atoms with van der Waals surface area (Å²) in [5.41, 5.74) is 1.49. The van der Waals surface area contributed by atoms with Crippen LogP contribution < -0.4 is 10.6 Å². The summed E-state index contributed by atoms with van der Waals surface area (Å²) in [7, 11) is 1.57. The lowest BCUT2D eigenvalue weighted by Crippen LogP contribution is -2.36. The number of hydrogen-bond acceptors (Lipinski definition) is 4. The second kappa shape index (κ2) is 9.78. The molecule has 2 N–H and O–H groups in total. The standard InChI is InChI=1S/C23H24F3N3O2/c1-15-14-20(31-29-15)19(16-8-10-18(11-9-16)23(24,25)26)12-13-28-21(22(30)27-2)17-6-4-3-5-7-17/h3-11,14,19,21,28H,12-13H2,1-2H3,(H,27,30)/t19-,21-/m1/s1. The molecule has 0 aliphatic rings. The van der Waals surface area contributed by atoms with Crippen molar-refractivity contribution in [1.82, 2.24) is 15.8 Å². The number of carbonyl (C=O) groups excluding carboxylic acids is 1. The van der Waals surface area contributed by atoms with Crippen LogP contribution in [0.5, 0.6) is 0 Å². The van der Waals surface area contributed by atoms with Crippen LogP contribution in [0.2, 0.25) is 0 Å². The molecule has 0 spiro atoms. The highest BCUT2D eigenvalue weighted by Crippen LogP contribution is 2.33. The van der Waals surface area contributed by atoms with Gasteiger partial charge in [0.1, 0.15) is 11.8 Å². The molecule has 1 heterocycles. The number of carbonyl (C=O) groups is 1. The minimum absolute atomic E-state index is 0.173. The van der Waals surface area contributed by atoms with Gasteiger partial charge in [-0.25, -0.2) is 0 Å². The van der Waals surface area contributed by atoms with E-state index in [1.807, 2.05) is 30.3 Å². The van der Waals surface area contributed by atoms with Gasteiger partial charge >= 0.3 is 6.18 Å². The van der Waals surface area contributed by atoms with Gasteiger partial charge in [-0.05, 0) is 43.1 Å². The van der Waals surface area contributed by atoms with E-state index in [2.05, 4.69) is 15.8 Å². The number of nitrogens with one attached hydrogen (secondary N) is 2. The van der Waals surface area contributed by atoms with Crippen LogP contribution in [0.4, 0.5) is 13.2 Å². The molecule has 5 nitrogen and oxygen atoms in total. The van der Waals surface area contributed by atoms with Crippen molar-refractivity contribution < 1.29 is 22.5 Å². The molecule has 0 saturated carbocycles. The molecule has 3 rings (SSSR count). The molecule has 1 amide bonds. The molecule has 8 heteroatoms. The number of aryl methyl sites for hydroxylation is 1. The van der Waals surface area contributed by atoms with Crippen molar-refractivity contribution >= 4 is 5.91 Å². The average molecular weight is 431 g/mol. The number of alkyl halides is 3. The van der Waals surface area contributed by atoms with E-state index in [1.54, 1.807) is 20.0 Å². The maximum absolute atomic E-state index is 12.9. The van der Waals surface area contributed by atoms with Crippen molar-refractivity contribution in [3.63, 3.8) is 0 Å². The smallest absolute Gasteiger partial charge is 0.361 e. The molecule has 0 radical (unpaired) electrons. The fourth-order valence-corrected chi connectivity index (χ4v) is 3.45. The third-order valence-corrected chi connectivity index (χ3v) is 5.05. The molecule has 164 valence electrons. The first kappa shape index (κ1) is 22.6. The summed E-state index contributed by atoms with van der Waals surface area (Å²) >= 11 is 0. The Hall–Kier alpha value is -3.13. The van der Waals surface area contributed by atoms with Crippen LogP contribution in [-0.4, -0.2) is 24.7 Å². The largest absolute Gasteiger partial charge is 0.416 e. The molecule has 0 unspecified atom stereocenters. The molecule has 2 atom stereocenters. The van der Waals surface area contributed by atoms with Crippen LogP contribution in [0.3, 0.4) is 0 Å². The molecule has 0 fully saturated rings. The third kappa shape index (κ3) is 5.73. The Morgan fingerprint density at radius 1 is 1.06 bits per heavy atom. The summed E-state index contributed by atoms with van der Waals surface area (Å²) in [5.74, 6) is 0.0835. The maximum atomic E-state index is 12.9. The van der Waals surface area contributed by atoms with Crippen LogP contribution in [0.1, 0.15) is 46.5 Å². The minimum Gasteiger partial charge on any atom is -0.361 e. The van der Waals surface area contributed by atoms with E-state index in [9.17, 15) is 18.0 Å². The molecule has 0 aliphatic carbocycles. The second-order valence-electron chi connectivity index (χ2n) is 7.24. The summed E-state index contributed by atoms with van der Waals surface area (Å²) in [5, 5.41) is 9.81. The maximum Gasteiger partial charge on any atom is 0.416 e. The van der Waals surface area contributed by atoms with Crippen LogP contribution in [0, 0.1) is 6.92 Å². The zero-order valence-corrected chi connectivity index (χ0v) is 17.2. The first-order valence-corrected chi connectivity index (χ1v) is 9.90. The highest BCUT2D eigenvalue weighted by molar-refractivity contribution is 5.82. The quantitative estimate of drug-likeness (QED) is 0.547. The van der Waals surface area contributed by atoms with Gasteiger partial charge in [-0.3, -0.25) is 4.79 Å². The topological polar surface area (TPSA) is 67.2 Å². The Labute approximate surface area is 178 Å². The lowest BCUT2D eigenvalue weighted by Gasteiger charge is -2.20. The predicted molar refractivity (Wildman–Crippen MR) is 110 cm³/mol. The Morgan fingerprint density at radius 2 is 1.74 bits per heavy atom. The molecule has 0 saturated heterocycles. The van der Waals surface area contributed by atoms with Gasteiger partial charge in [0, 0.05) is 19.0 Å². The summed E-state index contributed by atoms with van der Waals surface area (Å²) in [4.78, 5) is 12.4.